The number of benzene rings is 1. The summed E-state index contributed by atoms with van der Waals surface area (Å²) in [5.41, 5.74) is 1.41. The molecule has 0 radical (unpaired) electrons. The largest absolute Gasteiger partial charge is 0.488 e. The molecule has 2 heterocycles. The average molecular weight is 495 g/mol. The zero-order valence-corrected chi connectivity index (χ0v) is 19.8. The molecule has 0 aliphatic heterocycles. The molecular formula is C23H25F3N4O3S. The predicted octanol–water partition coefficient (Wildman–Crippen LogP) is 4.92. The first-order valence-corrected chi connectivity index (χ1v) is 11.5. The molecule has 11 heteroatoms. The highest BCUT2D eigenvalue weighted by molar-refractivity contribution is 7.15. The van der Waals surface area contributed by atoms with Crippen molar-refractivity contribution >= 4 is 17.2 Å². The number of alkyl halides is 3. The summed E-state index contributed by atoms with van der Waals surface area (Å²) in [6, 6.07) is 5.16. The van der Waals surface area contributed by atoms with E-state index >= 15 is 0 Å². The molecule has 0 aliphatic carbocycles. The van der Waals surface area contributed by atoms with Gasteiger partial charge < -0.3 is 14.8 Å². The molecule has 1 aromatic carbocycles. The Labute approximate surface area is 199 Å². The van der Waals surface area contributed by atoms with Crippen LogP contribution in [0.3, 0.4) is 0 Å². The molecule has 1 amide bonds. The lowest BCUT2D eigenvalue weighted by atomic mass is 10.1. The van der Waals surface area contributed by atoms with Gasteiger partial charge in [-0.25, -0.2) is 15.0 Å². The highest BCUT2D eigenvalue weighted by Gasteiger charge is 2.34. The molecular weight excluding hydrogens is 469 g/mol. The van der Waals surface area contributed by atoms with Gasteiger partial charge in [0.2, 0.25) is 5.82 Å². The monoisotopic (exact) mass is 494 g/mol. The molecule has 182 valence electrons. The van der Waals surface area contributed by atoms with Gasteiger partial charge in [0.25, 0.3) is 5.91 Å². The fraction of sp³-hybridized carbons (Fsp3) is 0.391. The molecule has 0 fully saturated rings. The van der Waals surface area contributed by atoms with Gasteiger partial charge in [0.15, 0.2) is 0 Å². The van der Waals surface area contributed by atoms with Crippen LogP contribution >= 0.6 is 11.3 Å². The van der Waals surface area contributed by atoms with E-state index < -0.39 is 17.9 Å². The van der Waals surface area contributed by atoms with Crippen molar-refractivity contribution in [2.75, 3.05) is 13.7 Å². The molecule has 0 saturated carbocycles. The minimum Gasteiger partial charge on any atom is -0.488 e. The second kappa shape index (κ2) is 11.4. The van der Waals surface area contributed by atoms with Crippen LogP contribution in [-0.2, 0) is 23.9 Å². The normalized spacial score (nSPS) is 12.4. The van der Waals surface area contributed by atoms with Gasteiger partial charge in [-0.05, 0) is 31.0 Å². The van der Waals surface area contributed by atoms with Crippen molar-refractivity contribution in [2.45, 2.75) is 45.5 Å². The molecule has 2 aromatic heterocycles. The molecule has 3 aromatic rings. The summed E-state index contributed by atoms with van der Waals surface area (Å²) < 4.78 is 49.2. The molecule has 0 aliphatic rings. The van der Waals surface area contributed by atoms with E-state index in [0.717, 1.165) is 34.3 Å². The Hall–Kier alpha value is -3.05. The summed E-state index contributed by atoms with van der Waals surface area (Å²) in [6.45, 7) is 4.38. The van der Waals surface area contributed by atoms with E-state index in [-0.39, 0.29) is 12.6 Å². The van der Waals surface area contributed by atoms with E-state index in [1.807, 2.05) is 19.9 Å². The maximum Gasteiger partial charge on any atom is 0.451 e. The van der Waals surface area contributed by atoms with Crippen LogP contribution in [0, 0.1) is 0 Å². The molecule has 34 heavy (non-hydrogen) atoms. The lowest BCUT2D eigenvalue weighted by Gasteiger charge is -2.18. The molecule has 1 N–H and O–H groups in total. The van der Waals surface area contributed by atoms with Gasteiger partial charge in [-0.15, -0.1) is 11.3 Å². The highest BCUT2D eigenvalue weighted by atomic mass is 32.1. The smallest absolute Gasteiger partial charge is 0.451 e. The topological polar surface area (TPSA) is 86.2 Å². The summed E-state index contributed by atoms with van der Waals surface area (Å²) in [5.74, 6) is -1.15. The number of nitrogens with zero attached hydrogens (tertiary/aromatic N) is 3. The number of methoxy groups -OCH3 is 1. The first-order chi connectivity index (χ1) is 16.2. The van der Waals surface area contributed by atoms with Crippen molar-refractivity contribution in [3.05, 3.63) is 58.6 Å². The van der Waals surface area contributed by atoms with Crippen LogP contribution in [0.1, 0.15) is 46.9 Å². The highest BCUT2D eigenvalue weighted by Crippen LogP contribution is 2.31. The van der Waals surface area contributed by atoms with Gasteiger partial charge in [0, 0.05) is 53.8 Å². The van der Waals surface area contributed by atoms with E-state index in [1.54, 1.807) is 25.4 Å². The molecule has 0 unspecified atom stereocenters. The Bertz CT molecular complexity index is 1100. The Balaban J connectivity index is 1.82. The third-order valence-electron chi connectivity index (χ3n) is 4.84. The summed E-state index contributed by atoms with van der Waals surface area (Å²) in [6.07, 6.45) is 0.636. The predicted molar refractivity (Wildman–Crippen MR) is 122 cm³/mol. The Morgan fingerprint density at radius 1 is 1.12 bits per heavy atom. The van der Waals surface area contributed by atoms with Crippen LogP contribution in [0.15, 0.2) is 36.8 Å². The second-order valence-electron chi connectivity index (χ2n) is 7.43. The van der Waals surface area contributed by atoms with E-state index in [4.69, 9.17) is 9.47 Å². The Morgan fingerprint density at radius 2 is 1.85 bits per heavy atom. The number of ether oxygens (including phenoxy) is 2. The van der Waals surface area contributed by atoms with Gasteiger partial charge in [-0.1, -0.05) is 13.8 Å². The standard InChI is InChI=1S/C23H25F3N4O3S/c1-4-17(13-32-3)33-18-7-15(6-16(8-18)21-28-12-19(5-2)34-21)20(31)27-9-14-10-29-22(30-11-14)23(24,25)26/h6-8,10-12,17H,4-5,9,13H2,1-3H3,(H,27,31)/t17-/m1/s1. The molecule has 0 spiro atoms. The van der Waals surface area contributed by atoms with Crippen molar-refractivity contribution in [3.8, 4) is 16.3 Å². The molecule has 0 bridgehead atoms. The van der Waals surface area contributed by atoms with Crippen molar-refractivity contribution in [1.29, 1.82) is 0 Å². The number of thiazole rings is 1. The number of aryl methyl sites for hydroxylation is 1. The molecule has 3 rings (SSSR count). The first kappa shape index (κ1) is 25.6. The summed E-state index contributed by atoms with van der Waals surface area (Å²) in [7, 11) is 1.59. The summed E-state index contributed by atoms with van der Waals surface area (Å²) in [4.78, 5) is 25.1. The van der Waals surface area contributed by atoms with Crippen LogP contribution in [0.2, 0.25) is 0 Å². The van der Waals surface area contributed by atoms with Crippen molar-refractivity contribution in [3.63, 3.8) is 0 Å². The SMILES string of the molecule is CCc1cnc(-c2cc(O[C@H](CC)COC)cc(C(=O)NCc3cnc(C(F)(F)F)nc3)c2)s1. The quantitative estimate of drug-likeness (QED) is 0.431. The number of hydrogen-bond donors (Lipinski definition) is 1. The van der Waals surface area contributed by atoms with Crippen LogP contribution in [-0.4, -0.2) is 40.7 Å². The van der Waals surface area contributed by atoms with E-state index in [2.05, 4.69) is 20.3 Å². The molecule has 0 saturated heterocycles. The second-order valence-corrected chi connectivity index (χ2v) is 8.55. The Kier molecular flexibility index (Phi) is 8.56. The number of carbonyl (C=O) groups excluding carboxylic acids is 1. The fourth-order valence-electron chi connectivity index (χ4n) is 3.02. The third-order valence-corrected chi connectivity index (χ3v) is 6.03. The van der Waals surface area contributed by atoms with Crippen LogP contribution in [0.25, 0.3) is 10.6 Å². The third kappa shape index (κ3) is 6.73. The molecule has 7 nitrogen and oxygen atoms in total. The van der Waals surface area contributed by atoms with E-state index in [1.165, 1.54) is 11.3 Å². The van der Waals surface area contributed by atoms with Crippen LogP contribution < -0.4 is 10.1 Å². The number of amides is 1. The van der Waals surface area contributed by atoms with Crippen molar-refractivity contribution in [1.82, 2.24) is 20.3 Å². The zero-order chi connectivity index (χ0) is 24.7. The lowest BCUT2D eigenvalue weighted by molar-refractivity contribution is -0.145. The molecule has 1 atom stereocenters. The summed E-state index contributed by atoms with van der Waals surface area (Å²) >= 11 is 1.53. The maximum atomic E-state index is 12.9. The number of nitrogens with one attached hydrogen (secondary N) is 1. The maximum absolute atomic E-state index is 12.9. The average Bonchev–Trinajstić information content (AvgIpc) is 3.31. The first-order valence-electron chi connectivity index (χ1n) is 10.7. The minimum atomic E-state index is -4.62. The van der Waals surface area contributed by atoms with Gasteiger partial charge in [0.05, 0.1) is 6.61 Å². The fourth-order valence-corrected chi connectivity index (χ4v) is 3.86. The van der Waals surface area contributed by atoms with E-state index in [9.17, 15) is 18.0 Å². The van der Waals surface area contributed by atoms with Crippen molar-refractivity contribution < 1.29 is 27.4 Å². The number of aromatic nitrogens is 3. The number of hydrogen-bond acceptors (Lipinski definition) is 7. The Morgan fingerprint density at radius 3 is 2.44 bits per heavy atom. The van der Waals surface area contributed by atoms with Gasteiger partial charge in [-0.3, -0.25) is 4.79 Å². The number of halogens is 3. The van der Waals surface area contributed by atoms with E-state index in [0.29, 0.717) is 29.9 Å². The summed E-state index contributed by atoms with van der Waals surface area (Å²) in [5, 5.41) is 3.45. The van der Waals surface area contributed by atoms with Crippen LogP contribution in [0.5, 0.6) is 5.75 Å². The van der Waals surface area contributed by atoms with Crippen LogP contribution in [0.4, 0.5) is 13.2 Å². The van der Waals surface area contributed by atoms with Gasteiger partial charge in [0.1, 0.15) is 16.9 Å². The van der Waals surface area contributed by atoms with Crippen molar-refractivity contribution in [2.24, 2.45) is 0 Å². The van der Waals surface area contributed by atoms with Gasteiger partial charge >= 0.3 is 6.18 Å². The number of rotatable bonds is 10. The zero-order valence-electron chi connectivity index (χ0n) is 19.0. The lowest BCUT2D eigenvalue weighted by Crippen LogP contribution is -2.24. The minimum absolute atomic E-state index is 0.0319. The number of carbonyl (C=O) groups is 1. The van der Waals surface area contributed by atoms with Gasteiger partial charge in [-0.2, -0.15) is 13.2 Å².